The van der Waals surface area contributed by atoms with Gasteiger partial charge in [0.15, 0.2) is 0 Å². The predicted molar refractivity (Wildman–Crippen MR) is 48.6 cm³/mol. The Morgan fingerprint density at radius 1 is 1.00 bits per heavy atom. The third kappa shape index (κ3) is 1.93. The Morgan fingerprint density at radius 2 is 1.42 bits per heavy atom. The van der Waals surface area contributed by atoms with Crippen LogP contribution in [0.1, 0.15) is 27.7 Å². The van der Waals surface area contributed by atoms with Crippen molar-refractivity contribution in [1.82, 2.24) is 0 Å². The summed E-state index contributed by atoms with van der Waals surface area (Å²) >= 11 is 0. The van der Waals surface area contributed by atoms with Gasteiger partial charge in [0.2, 0.25) is 0 Å². The smallest absolute Gasteiger partial charge is 0.279 e. The average Bonchev–Trinajstić information content (AvgIpc) is 2.37. The zero-order chi connectivity index (χ0) is 9.14. The molecule has 1 rings (SSSR count). The quantitative estimate of drug-likeness (QED) is 0.634. The first-order valence-electron chi connectivity index (χ1n) is 4.62. The van der Waals surface area contributed by atoms with E-state index >= 15 is 0 Å². The third-order valence-corrected chi connectivity index (χ3v) is 2.03. The lowest BCUT2D eigenvalue weighted by atomic mass is 9.93. The minimum atomic E-state index is 0.512. The van der Waals surface area contributed by atoms with Crippen LogP contribution in [0.3, 0.4) is 0 Å². The van der Waals surface area contributed by atoms with Crippen molar-refractivity contribution in [3.8, 4) is 0 Å². The van der Waals surface area contributed by atoms with E-state index in [9.17, 15) is 0 Å². The van der Waals surface area contributed by atoms with Crippen molar-refractivity contribution in [2.45, 2.75) is 27.7 Å². The van der Waals surface area contributed by atoms with Crippen molar-refractivity contribution in [2.75, 3.05) is 13.2 Å². The molecule has 2 heteroatoms. The molecule has 0 spiro atoms. The van der Waals surface area contributed by atoms with E-state index < -0.39 is 0 Å². The van der Waals surface area contributed by atoms with Crippen LogP contribution in [0, 0.1) is 11.8 Å². The summed E-state index contributed by atoms with van der Waals surface area (Å²) in [5, 5.41) is 0. The summed E-state index contributed by atoms with van der Waals surface area (Å²) in [7, 11) is 0. The summed E-state index contributed by atoms with van der Waals surface area (Å²) in [6.07, 6.45) is 0. The number of rotatable bonds is 2. The van der Waals surface area contributed by atoms with Gasteiger partial charge in [0.25, 0.3) is 5.95 Å². The van der Waals surface area contributed by atoms with Crippen LogP contribution in [-0.2, 0) is 9.47 Å². The first kappa shape index (κ1) is 9.43. The summed E-state index contributed by atoms with van der Waals surface area (Å²) in [6.45, 7) is 10.1. The molecule has 0 unspecified atom stereocenters. The normalized spacial score (nSPS) is 16.7. The van der Waals surface area contributed by atoms with Gasteiger partial charge < -0.3 is 9.47 Å². The second-order valence-corrected chi connectivity index (χ2v) is 3.75. The lowest BCUT2D eigenvalue weighted by molar-refractivity contribution is 0.161. The summed E-state index contributed by atoms with van der Waals surface area (Å²) in [5.74, 6) is 1.80. The van der Waals surface area contributed by atoms with Gasteiger partial charge in [-0.3, -0.25) is 0 Å². The van der Waals surface area contributed by atoms with Gasteiger partial charge in [-0.2, -0.15) is 0 Å². The highest BCUT2D eigenvalue weighted by Crippen LogP contribution is 2.26. The molecule has 2 nitrogen and oxygen atoms in total. The molecule has 0 aromatic carbocycles. The number of allylic oxidation sites excluding steroid dienone is 1. The predicted octanol–water partition coefficient (Wildman–Crippen LogP) is 2.56. The Morgan fingerprint density at radius 3 is 1.75 bits per heavy atom. The molecule has 1 fully saturated rings. The highest BCUT2D eigenvalue weighted by atomic mass is 16.7. The maximum atomic E-state index is 5.40. The molecule has 0 aromatic rings. The van der Waals surface area contributed by atoms with Crippen LogP contribution in [0.2, 0.25) is 0 Å². The first-order valence-corrected chi connectivity index (χ1v) is 4.62. The summed E-state index contributed by atoms with van der Waals surface area (Å²) in [4.78, 5) is 0. The van der Waals surface area contributed by atoms with Crippen molar-refractivity contribution in [1.29, 1.82) is 0 Å². The second-order valence-electron chi connectivity index (χ2n) is 3.75. The molecule has 0 N–H and O–H groups in total. The molecule has 1 aliphatic heterocycles. The van der Waals surface area contributed by atoms with Crippen molar-refractivity contribution < 1.29 is 9.47 Å². The van der Waals surface area contributed by atoms with E-state index in [1.807, 2.05) is 0 Å². The zero-order valence-electron chi connectivity index (χ0n) is 8.39. The standard InChI is InChI=1S/C10H18O2/c1-7(2)9(8(3)4)10-11-5-6-12-10/h7-8H,5-6H2,1-4H3. The molecule has 0 amide bonds. The first-order chi connectivity index (χ1) is 5.63. The molecule has 12 heavy (non-hydrogen) atoms. The molecular weight excluding hydrogens is 152 g/mol. The van der Waals surface area contributed by atoms with E-state index in [1.165, 1.54) is 5.57 Å². The monoisotopic (exact) mass is 170 g/mol. The van der Waals surface area contributed by atoms with E-state index in [-0.39, 0.29) is 0 Å². The average molecular weight is 170 g/mol. The summed E-state index contributed by atoms with van der Waals surface area (Å²) in [5.41, 5.74) is 1.30. The van der Waals surface area contributed by atoms with Crippen molar-refractivity contribution in [2.24, 2.45) is 11.8 Å². The maximum Gasteiger partial charge on any atom is 0.279 e. The Balaban J connectivity index is 2.81. The fraction of sp³-hybridized carbons (Fsp3) is 0.800. The maximum absolute atomic E-state index is 5.40. The Labute approximate surface area is 74.6 Å². The molecule has 0 bridgehead atoms. The van der Waals surface area contributed by atoms with E-state index in [2.05, 4.69) is 27.7 Å². The number of hydrogen-bond acceptors (Lipinski definition) is 2. The van der Waals surface area contributed by atoms with Gasteiger partial charge in [0.1, 0.15) is 13.2 Å². The van der Waals surface area contributed by atoms with Crippen LogP contribution < -0.4 is 0 Å². The third-order valence-electron chi connectivity index (χ3n) is 2.03. The van der Waals surface area contributed by atoms with Gasteiger partial charge in [0.05, 0.1) is 0 Å². The highest BCUT2D eigenvalue weighted by molar-refractivity contribution is 5.10. The minimum absolute atomic E-state index is 0.512. The van der Waals surface area contributed by atoms with Crippen LogP contribution >= 0.6 is 0 Å². The summed E-state index contributed by atoms with van der Waals surface area (Å²) in [6, 6.07) is 0. The molecule has 0 atom stereocenters. The molecule has 0 radical (unpaired) electrons. The van der Waals surface area contributed by atoms with Gasteiger partial charge in [-0.25, -0.2) is 0 Å². The highest BCUT2D eigenvalue weighted by Gasteiger charge is 2.20. The van der Waals surface area contributed by atoms with Crippen LogP contribution in [0.4, 0.5) is 0 Å². The van der Waals surface area contributed by atoms with E-state index in [0.29, 0.717) is 25.0 Å². The minimum Gasteiger partial charge on any atom is -0.462 e. The van der Waals surface area contributed by atoms with Crippen LogP contribution in [0.5, 0.6) is 0 Å². The number of ether oxygens (including phenoxy) is 2. The number of hydrogen-bond donors (Lipinski definition) is 0. The Kier molecular flexibility index (Phi) is 3.01. The SMILES string of the molecule is CC(C)C(=C1OCCO1)C(C)C. The van der Waals surface area contributed by atoms with E-state index in [0.717, 1.165) is 5.95 Å². The Bertz CT molecular complexity index is 162. The summed E-state index contributed by atoms with van der Waals surface area (Å²) < 4.78 is 10.8. The van der Waals surface area contributed by atoms with Crippen LogP contribution in [0.25, 0.3) is 0 Å². The molecule has 0 aliphatic carbocycles. The molecule has 0 aromatic heterocycles. The second kappa shape index (κ2) is 3.83. The largest absolute Gasteiger partial charge is 0.462 e. The van der Waals surface area contributed by atoms with Crippen molar-refractivity contribution in [3.05, 3.63) is 11.5 Å². The van der Waals surface area contributed by atoms with Gasteiger partial charge in [-0.15, -0.1) is 0 Å². The Hall–Kier alpha value is -0.660. The van der Waals surface area contributed by atoms with E-state index in [4.69, 9.17) is 9.47 Å². The topological polar surface area (TPSA) is 18.5 Å². The van der Waals surface area contributed by atoms with Gasteiger partial charge in [-0.05, 0) is 11.8 Å². The zero-order valence-corrected chi connectivity index (χ0v) is 8.39. The van der Waals surface area contributed by atoms with Crippen molar-refractivity contribution in [3.63, 3.8) is 0 Å². The van der Waals surface area contributed by atoms with Crippen LogP contribution in [-0.4, -0.2) is 13.2 Å². The fourth-order valence-electron chi connectivity index (χ4n) is 1.62. The van der Waals surface area contributed by atoms with Crippen LogP contribution in [0.15, 0.2) is 11.5 Å². The van der Waals surface area contributed by atoms with Gasteiger partial charge in [-0.1, -0.05) is 27.7 Å². The van der Waals surface area contributed by atoms with Gasteiger partial charge in [0, 0.05) is 5.57 Å². The van der Waals surface area contributed by atoms with Gasteiger partial charge >= 0.3 is 0 Å². The molecule has 1 heterocycles. The molecule has 1 saturated heterocycles. The molecule has 1 aliphatic rings. The fourth-order valence-corrected chi connectivity index (χ4v) is 1.62. The molecule has 70 valence electrons. The van der Waals surface area contributed by atoms with Crippen molar-refractivity contribution >= 4 is 0 Å². The molecule has 0 saturated carbocycles. The van der Waals surface area contributed by atoms with E-state index in [1.54, 1.807) is 0 Å². The lowest BCUT2D eigenvalue weighted by Gasteiger charge is -2.16. The molecular formula is C10H18O2. The lowest BCUT2D eigenvalue weighted by Crippen LogP contribution is -2.06.